The number of hydrogen-bond donors (Lipinski definition) is 2. The molecule has 3 aromatic heterocycles. The average molecular weight is 807 g/mol. The van der Waals surface area contributed by atoms with Gasteiger partial charge in [0.1, 0.15) is 11.5 Å². The van der Waals surface area contributed by atoms with E-state index < -0.39 is 0 Å². The maximum Gasteiger partial charge on any atom is 0.222 e. The summed E-state index contributed by atoms with van der Waals surface area (Å²) in [7, 11) is 3.61. The molecule has 2 saturated heterocycles. The first-order valence-electron chi connectivity index (χ1n) is 22.2. The number of nitrogens with zero attached hydrogens (tertiary/aromatic N) is 4. The molecule has 4 aliphatic rings. The first-order valence-corrected chi connectivity index (χ1v) is 22.2. The number of aromatic nitrogens is 3. The summed E-state index contributed by atoms with van der Waals surface area (Å²) in [6.07, 6.45) is 17.0. The molecule has 0 spiro atoms. The number of pyridine rings is 3. The largest absolute Gasteiger partial charge is 0.496 e. The number of rotatable bonds is 7. The van der Waals surface area contributed by atoms with E-state index in [0.717, 1.165) is 98.6 Å². The van der Waals surface area contributed by atoms with E-state index in [2.05, 4.69) is 80.9 Å². The van der Waals surface area contributed by atoms with Gasteiger partial charge in [-0.1, -0.05) is 30.8 Å². The minimum Gasteiger partial charge on any atom is -0.496 e. The van der Waals surface area contributed by atoms with Crippen molar-refractivity contribution in [3.63, 3.8) is 0 Å². The third-order valence-corrected chi connectivity index (χ3v) is 13.6. The van der Waals surface area contributed by atoms with Crippen LogP contribution in [0.25, 0.3) is 0 Å². The molecular formula is C52H64N5O3+. The molecule has 8 heteroatoms. The number of ether oxygens (including phenoxy) is 2. The summed E-state index contributed by atoms with van der Waals surface area (Å²) in [5.74, 6) is 3.80. The number of aryl methyl sites for hydroxylation is 8. The summed E-state index contributed by atoms with van der Waals surface area (Å²) in [5.41, 5.74) is 18.3. The second kappa shape index (κ2) is 18.2. The zero-order chi connectivity index (χ0) is 41.9. The van der Waals surface area contributed by atoms with Crippen molar-refractivity contribution in [1.29, 1.82) is 0 Å². The first-order chi connectivity index (χ1) is 29.1. The summed E-state index contributed by atoms with van der Waals surface area (Å²) < 4.78 is 12.9. The van der Waals surface area contributed by atoms with Crippen molar-refractivity contribution in [2.75, 3.05) is 40.4 Å². The maximum absolute atomic E-state index is 9.49. The number of hydrogen-bond acceptors (Lipinski definition) is 7. The van der Waals surface area contributed by atoms with Crippen LogP contribution in [-0.4, -0.2) is 60.5 Å². The van der Waals surface area contributed by atoms with Crippen LogP contribution < -0.4 is 19.5 Å². The van der Waals surface area contributed by atoms with Crippen molar-refractivity contribution >= 4 is 0 Å². The van der Waals surface area contributed by atoms with E-state index in [1.165, 1.54) is 79.9 Å². The summed E-state index contributed by atoms with van der Waals surface area (Å²) in [6.45, 7) is 17.2. The molecule has 2 aliphatic carbocycles. The highest BCUT2D eigenvalue weighted by Gasteiger charge is 2.37. The molecule has 5 heterocycles. The lowest BCUT2D eigenvalue weighted by Crippen LogP contribution is -2.36. The fourth-order valence-corrected chi connectivity index (χ4v) is 10.7. The van der Waals surface area contributed by atoms with Crippen molar-refractivity contribution in [2.45, 2.75) is 97.3 Å². The van der Waals surface area contributed by atoms with Crippen molar-refractivity contribution in [1.82, 2.24) is 20.2 Å². The SMILES string of the molecule is C=C(Cc1cc[n+](O)cc1)N1CCC(C2c3ncc(C)cc3CCc3cc(C)cc(OC)c32)CC1.COc1cc(C)cc2c1C(C1CCNCC1)c1ncc(C)cc1CC2. The number of methoxy groups -OCH3 is 2. The second-order valence-electron chi connectivity index (χ2n) is 17.9. The van der Waals surface area contributed by atoms with Crippen molar-refractivity contribution in [3.05, 3.63) is 158 Å². The topological polar surface area (TPSA) is 83.6 Å². The van der Waals surface area contributed by atoms with Crippen LogP contribution in [-0.2, 0) is 32.1 Å². The predicted octanol–water partition coefficient (Wildman–Crippen LogP) is 8.87. The van der Waals surface area contributed by atoms with Crippen LogP contribution in [0.1, 0.15) is 110 Å². The molecule has 0 bridgehead atoms. The van der Waals surface area contributed by atoms with E-state index in [1.807, 2.05) is 31.6 Å². The van der Waals surface area contributed by atoms with Gasteiger partial charge in [-0.15, -0.1) is 0 Å². The average Bonchev–Trinajstić information content (AvgIpc) is 3.52. The molecule has 2 fully saturated rings. The van der Waals surface area contributed by atoms with Gasteiger partial charge in [-0.25, -0.2) is 0 Å². The molecule has 2 atom stereocenters. The molecular weight excluding hydrogens is 743 g/mol. The molecule has 0 amide bonds. The Kier molecular flexibility index (Phi) is 12.6. The highest BCUT2D eigenvalue weighted by Crippen LogP contribution is 2.48. The number of nitrogens with one attached hydrogen (secondary N) is 1. The fourth-order valence-electron chi connectivity index (χ4n) is 10.7. The van der Waals surface area contributed by atoms with Crippen LogP contribution in [0.5, 0.6) is 11.5 Å². The van der Waals surface area contributed by atoms with E-state index in [1.54, 1.807) is 19.5 Å². The molecule has 2 N–H and O–H groups in total. The Hall–Kier alpha value is -5.21. The Morgan fingerprint density at radius 3 is 1.62 bits per heavy atom. The van der Waals surface area contributed by atoms with Gasteiger partial charge in [0.2, 0.25) is 12.4 Å². The van der Waals surface area contributed by atoms with Gasteiger partial charge in [-0.3, -0.25) is 15.2 Å². The van der Waals surface area contributed by atoms with Crippen LogP contribution >= 0.6 is 0 Å². The normalized spacial score (nSPS) is 19.0. The third-order valence-electron chi connectivity index (χ3n) is 13.6. The van der Waals surface area contributed by atoms with Gasteiger partial charge in [0.05, 0.1) is 25.6 Å². The van der Waals surface area contributed by atoms with Crippen molar-refractivity contribution in [3.8, 4) is 11.5 Å². The minimum atomic E-state index is 0.253. The number of likely N-dealkylation sites (tertiary alicyclic amines) is 1. The molecule has 0 radical (unpaired) electrons. The summed E-state index contributed by atoms with van der Waals surface area (Å²) >= 11 is 0. The van der Waals surface area contributed by atoms with Crippen LogP contribution in [0.2, 0.25) is 0 Å². The molecule has 2 unspecified atom stereocenters. The van der Waals surface area contributed by atoms with Gasteiger partial charge in [0, 0.05) is 77.4 Å². The van der Waals surface area contributed by atoms with Crippen molar-refractivity contribution < 1.29 is 19.4 Å². The van der Waals surface area contributed by atoms with Gasteiger partial charge < -0.3 is 19.7 Å². The Labute approximate surface area is 357 Å². The van der Waals surface area contributed by atoms with Gasteiger partial charge in [-0.05, 0) is 166 Å². The highest BCUT2D eigenvalue weighted by atomic mass is 16.5. The van der Waals surface area contributed by atoms with Gasteiger partial charge in [0.25, 0.3) is 0 Å². The fraction of sp³-hybridized carbons (Fsp3) is 0.442. The monoisotopic (exact) mass is 807 g/mol. The standard InChI is InChI=1S/C30H36N3O2.C22H28N2O/c1-20-15-25-5-6-26-16-21(2)19-31-30(26)29(28(25)27(17-20)35-4)24-9-11-32(12-10-24)22(3)18-23-7-13-33(34)14-8-23;1-14-10-17-4-5-18-11-15(2)13-24-22(18)21(16-6-8-23-9-7-16)20(17)19(12-14)25-3/h7-8,13-17,19,24,29,34H,3,5-6,9-12,18H2,1-2,4H3;10-13,16,21,23H,4-9H2,1-3H3/q+1;. The van der Waals surface area contributed by atoms with Crippen molar-refractivity contribution in [2.24, 2.45) is 11.8 Å². The Morgan fingerprint density at radius 2 is 1.13 bits per heavy atom. The molecule has 5 aromatic rings. The van der Waals surface area contributed by atoms with E-state index >= 15 is 0 Å². The minimum absolute atomic E-state index is 0.253. The Bertz CT molecular complexity index is 2320. The van der Waals surface area contributed by atoms with Crippen LogP contribution in [0.15, 0.2) is 85.6 Å². The van der Waals surface area contributed by atoms with Gasteiger partial charge in [-0.2, -0.15) is 0 Å². The molecule has 2 aliphatic heterocycles. The summed E-state index contributed by atoms with van der Waals surface area (Å²) in [6, 6.07) is 17.7. The van der Waals surface area contributed by atoms with E-state index in [-0.39, 0.29) is 5.92 Å². The zero-order valence-electron chi connectivity index (χ0n) is 36.7. The van der Waals surface area contributed by atoms with Crippen LogP contribution in [0.4, 0.5) is 0 Å². The van der Waals surface area contributed by atoms with E-state index in [0.29, 0.717) is 17.8 Å². The number of benzene rings is 2. The van der Waals surface area contributed by atoms with Gasteiger partial charge >= 0.3 is 0 Å². The number of piperidine rings is 2. The number of fused-ring (bicyclic) bond motifs is 4. The van der Waals surface area contributed by atoms with Gasteiger partial charge in [0.15, 0.2) is 0 Å². The smallest absolute Gasteiger partial charge is 0.222 e. The lowest BCUT2D eigenvalue weighted by Gasteiger charge is -2.39. The lowest BCUT2D eigenvalue weighted by atomic mass is 9.75. The predicted molar refractivity (Wildman–Crippen MR) is 238 cm³/mol. The molecule has 0 saturated carbocycles. The van der Waals surface area contributed by atoms with Crippen LogP contribution in [0.3, 0.4) is 0 Å². The summed E-state index contributed by atoms with van der Waals surface area (Å²) in [5, 5.41) is 13.0. The molecule has 314 valence electrons. The quantitative estimate of drug-likeness (QED) is 0.126. The Balaban J connectivity index is 0.000000176. The zero-order valence-corrected chi connectivity index (χ0v) is 36.7. The summed E-state index contributed by atoms with van der Waals surface area (Å²) in [4.78, 5) is 12.4. The third kappa shape index (κ3) is 8.81. The molecule has 8 nitrogen and oxygen atoms in total. The molecule has 2 aromatic carbocycles. The highest BCUT2D eigenvalue weighted by molar-refractivity contribution is 5.54. The Morgan fingerprint density at radius 1 is 0.683 bits per heavy atom. The first kappa shape index (κ1) is 41.5. The molecule has 60 heavy (non-hydrogen) atoms. The second-order valence-corrected chi connectivity index (χ2v) is 17.9. The van der Waals surface area contributed by atoms with Crippen LogP contribution in [0, 0.1) is 39.5 Å². The lowest BCUT2D eigenvalue weighted by molar-refractivity contribution is -0.904. The van der Waals surface area contributed by atoms with E-state index in [9.17, 15) is 5.21 Å². The number of allylic oxidation sites excluding steroid dienone is 1. The van der Waals surface area contributed by atoms with E-state index in [4.69, 9.17) is 19.4 Å². The molecule has 9 rings (SSSR count). The maximum atomic E-state index is 9.49.